The van der Waals surface area contributed by atoms with Crippen molar-refractivity contribution in [3.8, 4) is 0 Å². The monoisotopic (exact) mass is 431 g/mol. The van der Waals surface area contributed by atoms with E-state index in [1.807, 2.05) is 30.3 Å². The van der Waals surface area contributed by atoms with Crippen LogP contribution in [0.5, 0.6) is 0 Å². The van der Waals surface area contributed by atoms with Crippen LogP contribution in [0.25, 0.3) is 0 Å². The fourth-order valence-corrected chi connectivity index (χ4v) is 3.64. The first-order chi connectivity index (χ1) is 14.4. The van der Waals surface area contributed by atoms with Gasteiger partial charge in [-0.05, 0) is 5.56 Å². The molecule has 0 saturated carbocycles. The van der Waals surface area contributed by atoms with Gasteiger partial charge in [0.2, 0.25) is 0 Å². The van der Waals surface area contributed by atoms with Gasteiger partial charge >= 0.3 is 0 Å². The smallest absolute Gasteiger partial charge is 0.187 e. The molecule has 2 heterocycles. The van der Waals surface area contributed by atoms with E-state index in [0.717, 1.165) is 5.56 Å². The lowest BCUT2D eigenvalue weighted by Gasteiger charge is -2.46. The minimum Gasteiger partial charge on any atom is -0.394 e. The van der Waals surface area contributed by atoms with Crippen LogP contribution in [-0.2, 0) is 20.8 Å². The summed E-state index contributed by atoms with van der Waals surface area (Å²) >= 11 is 0. The second kappa shape index (κ2) is 10.4. The Morgan fingerprint density at radius 1 is 0.800 bits per heavy atom. The van der Waals surface area contributed by atoms with Gasteiger partial charge in [0.05, 0.1) is 19.3 Å². The summed E-state index contributed by atoms with van der Waals surface area (Å²) in [6.07, 6.45) is -12.9. The molecule has 170 valence electrons. The summed E-state index contributed by atoms with van der Waals surface area (Å²) in [6, 6.07) is 8.25. The Morgan fingerprint density at radius 2 is 1.47 bits per heavy atom. The van der Waals surface area contributed by atoms with Gasteiger partial charge in [0.25, 0.3) is 0 Å². The Morgan fingerprint density at radius 3 is 2.10 bits per heavy atom. The molecule has 2 saturated heterocycles. The molecule has 30 heavy (non-hydrogen) atoms. The largest absolute Gasteiger partial charge is 0.394 e. The van der Waals surface area contributed by atoms with Gasteiger partial charge in [0.1, 0.15) is 42.7 Å². The van der Waals surface area contributed by atoms with Crippen molar-refractivity contribution in [1.82, 2.24) is 5.32 Å². The van der Waals surface area contributed by atoms with Crippen LogP contribution in [0.1, 0.15) is 5.56 Å². The van der Waals surface area contributed by atoms with Crippen LogP contribution in [0.15, 0.2) is 30.3 Å². The Bertz CT molecular complexity index is 649. The van der Waals surface area contributed by atoms with Crippen LogP contribution in [0.2, 0.25) is 0 Å². The standard InChI is InChI=1S/C19H29NO10/c21-7-10-13(23)15(25)16(26)19(29-10)30-17-11(8-22)28-18(27)12(14(17)24)20-6-9-4-2-1-3-5-9/h1-5,10-27H,6-8H2/t10-,11-,12-,13-,14-,15+,16-,17-,18-,19-/m1/s1. The van der Waals surface area contributed by atoms with Crippen molar-refractivity contribution >= 4 is 0 Å². The molecule has 0 aromatic heterocycles. The molecule has 2 aliphatic heterocycles. The van der Waals surface area contributed by atoms with Gasteiger partial charge in [-0.15, -0.1) is 0 Å². The zero-order valence-electron chi connectivity index (χ0n) is 16.1. The van der Waals surface area contributed by atoms with E-state index in [-0.39, 0.29) is 0 Å². The van der Waals surface area contributed by atoms with Crippen molar-refractivity contribution in [2.75, 3.05) is 13.2 Å². The third kappa shape index (κ3) is 4.98. The van der Waals surface area contributed by atoms with Crippen molar-refractivity contribution in [1.29, 1.82) is 0 Å². The lowest BCUT2D eigenvalue weighted by molar-refractivity contribution is -0.345. The lowest BCUT2D eigenvalue weighted by atomic mass is 9.95. The SMILES string of the molecule is OC[C@H]1O[C@H](O[C@H]2[C@H](O)[C@@H](NCc3ccccc3)[C@H](O)O[C@@H]2CO)[C@H](O)[C@@H](O)[C@@H]1O. The third-order valence-corrected chi connectivity index (χ3v) is 5.40. The van der Waals surface area contributed by atoms with E-state index < -0.39 is 74.6 Å². The quantitative estimate of drug-likeness (QED) is 0.214. The lowest BCUT2D eigenvalue weighted by Crippen LogP contribution is -2.66. The van der Waals surface area contributed by atoms with Crippen LogP contribution in [0.3, 0.4) is 0 Å². The highest BCUT2D eigenvalue weighted by Crippen LogP contribution is 2.28. The van der Waals surface area contributed by atoms with Crippen LogP contribution >= 0.6 is 0 Å². The zero-order chi connectivity index (χ0) is 21.8. The zero-order valence-corrected chi connectivity index (χ0v) is 16.1. The van der Waals surface area contributed by atoms with Gasteiger partial charge in [-0.1, -0.05) is 30.3 Å². The Labute approximate surface area is 173 Å². The molecule has 2 aliphatic rings. The molecular weight excluding hydrogens is 402 g/mol. The molecule has 0 amide bonds. The highest BCUT2D eigenvalue weighted by atomic mass is 16.7. The number of hydrogen-bond donors (Lipinski definition) is 8. The Kier molecular flexibility index (Phi) is 8.12. The molecule has 3 rings (SSSR count). The van der Waals surface area contributed by atoms with E-state index in [1.165, 1.54) is 0 Å². The molecule has 1 aromatic rings. The van der Waals surface area contributed by atoms with Gasteiger partial charge in [-0.3, -0.25) is 0 Å². The molecule has 0 bridgehead atoms. The average molecular weight is 431 g/mol. The number of aliphatic hydroxyl groups excluding tert-OH is 7. The second-order valence-electron chi connectivity index (χ2n) is 7.43. The van der Waals surface area contributed by atoms with Crippen molar-refractivity contribution < 1.29 is 50.0 Å². The summed E-state index contributed by atoms with van der Waals surface area (Å²) in [5, 5.41) is 72.9. The fourth-order valence-electron chi connectivity index (χ4n) is 3.64. The number of aliphatic hydroxyl groups is 7. The minimum absolute atomic E-state index is 0.305. The van der Waals surface area contributed by atoms with E-state index in [1.54, 1.807) is 0 Å². The summed E-state index contributed by atoms with van der Waals surface area (Å²) in [6.45, 7) is -0.945. The van der Waals surface area contributed by atoms with E-state index in [0.29, 0.717) is 6.54 Å². The van der Waals surface area contributed by atoms with Gasteiger partial charge in [-0.2, -0.15) is 0 Å². The molecule has 0 radical (unpaired) electrons. The molecule has 10 atom stereocenters. The normalized spacial score (nSPS) is 42.2. The molecule has 0 spiro atoms. The number of rotatable bonds is 7. The second-order valence-corrected chi connectivity index (χ2v) is 7.43. The van der Waals surface area contributed by atoms with Crippen molar-refractivity contribution in [2.24, 2.45) is 0 Å². The highest BCUT2D eigenvalue weighted by molar-refractivity contribution is 5.14. The maximum Gasteiger partial charge on any atom is 0.187 e. The number of ether oxygens (including phenoxy) is 3. The maximum atomic E-state index is 10.8. The maximum absolute atomic E-state index is 10.8. The third-order valence-electron chi connectivity index (χ3n) is 5.40. The number of hydrogen-bond acceptors (Lipinski definition) is 11. The first-order valence-corrected chi connectivity index (χ1v) is 9.73. The fraction of sp³-hybridized carbons (Fsp3) is 0.684. The van der Waals surface area contributed by atoms with Crippen molar-refractivity contribution in [3.05, 3.63) is 35.9 Å². The molecule has 0 aliphatic carbocycles. The number of nitrogens with one attached hydrogen (secondary N) is 1. The van der Waals surface area contributed by atoms with E-state index in [4.69, 9.17) is 14.2 Å². The molecule has 8 N–H and O–H groups in total. The van der Waals surface area contributed by atoms with Crippen molar-refractivity contribution in [2.45, 2.75) is 67.9 Å². The van der Waals surface area contributed by atoms with Crippen LogP contribution in [0, 0.1) is 0 Å². The summed E-state index contributed by atoms with van der Waals surface area (Å²) in [5.41, 5.74) is 0.896. The number of benzene rings is 1. The molecule has 2 fully saturated rings. The van der Waals surface area contributed by atoms with Crippen LogP contribution < -0.4 is 5.32 Å². The highest BCUT2D eigenvalue weighted by Gasteiger charge is 2.50. The predicted molar refractivity (Wildman–Crippen MR) is 99.7 cm³/mol. The van der Waals surface area contributed by atoms with Gasteiger partial charge in [0.15, 0.2) is 12.6 Å². The van der Waals surface area contributed by atoms with E-state index in [2.05, 4.69) is 5.32 Å². The predicted octanol–water partition coefficient (Wildman–Crippen LogP) is -3.60. The van der Waals surface area contributed by atoms with E-state index >= 15 is 0 Å². The topological polar surface area (TPSA) is 181 Å². The van der Waals surface area contributed by atoms with Gasteiger partial charge in [0, 0.05) is 6.54 Å². The van der Waals surface area contributed by atoms with Gasteiger partial charge < -0.3 is 55.3 Å². The summed E-state index contributed by atoms with van der Waals surface area (Å²) in [5.74, 6) is 0. The molecule has 11 heteroatoms. The molecule has 11 nitrogen and oxygen atoms in total. The molecule has 0 unspecified atom stereocenters. The van der Waals surface area contributed by atoms with E-state index in [9.17, 15) is 35.7 Å². The van der Waals surface area contributed by atoms with Crippen LogP contribution in [0.4, 0.5) is 0 Å². The van der Waals surface area contributed by atoms with Crippen molar-refractivity contribution in [3.63, 3.8) is 0 Å². The average Bonchev–Trinajstić information content (AvgIpc) is 2.76. The Hall–Kier alpha value is -1.22. The summed E-state index contributed by atoms with van der Waals surface area (Å²) < 4.78 is 16.3. The minimum atomic E-state index is -1.68. The molecular formula is C19H29NO10. The first-order valence-electron chi connectivity index (χ1n) is 9.73. The molecule has 1 aromatic carbocycles. The Balaban J connectivity index is 1.71. The first kappa shape index (κ1) is 23.4. The van der Waals surface area contributed by atoms with Crippen LogP contribution in [-0.4, -0.2) is 110 Å². The van der Waals surface area contributed by atoms with Gasteiger partial charge in [-0.25, -0.2) is 0 Å². The summed E-state index contributed by atoms with van der Waals surface area (Å²) in [4.78, 5) is 0. The summed E-state index contributed by atoms with van der Waals surface area (Å²) in [7, 11) is 0.